The van der Waals surface area contributed by atoms with Crippen LogP contribution < -0.4 is 10.5 Å². The summed E-state index contributed by atoms with van der Waals surface area (Å²) in [6.07, 6.45) is 1.17. The average molecular weight is 313 g/mol. The fraction of sp³-hybridized carbons (Fsp3) is 0.571. The summed E-state index contributed by atoms with van der Waals surface area (Å²) in [5.74, 6) is 1.48. The van der Waals surface area contributed by atoms with Crippen LogP contribution in [0.2, 0.25) is 0 Å². The van der Waals surface area contributed by atoms with E-state index in [2.05, 4.69) is 33.8 Å². The average Bonchev–Trinajstić information content (AvgIpc) is 2.81. The molecule has 1 aliphatic heterocycles. The van der Waals surface area contributed by atoms with Crippen LogP contribution in [0.15, 0.2) is 22.7 Å². The number of benzene rings is 1. The summed E-state index contributed by atoms with van der Waals surface area (Å²) >= 11 is 3.55. The first-order valence-electron chi connectivity index (χ1n) is 6.48. The Balaban J connectivity index is 2.40. The molecule has 2 unspecified atom stereocenters. The van der Waals surface area contributed by atoms with Gasteiger partial charge in [-0.05, 0) is 50.2 Å². The number of nitrogens with zero attached hydrogens (tertiary/aromatic N) is 1. The van der Waals surface area contributed by atoms with Gasteiger partial charge in [-0.25, -0.2) is 0 Å². The molecule has 0 amide bonds. The third-order valence-electron chi connectivity index (χ3n) is 3.85. The lowest BCUT2D eigenvalue weighted by Crippen LogP contribution is -2.28. The van der Waals surface area contributed by atoms with E-state index < -0.39 is 0 Å². The molecule has 2 atom stereocenters. The van der Waals surface area contributed by atoms with E-state index in [-0.39, 0.29) is 0 Å². The van der Waals surface area contributed by atoms with Crippen LogP contribution in [0.25, 0.3) is 0 Å². The van der Waals surface area contributed by atoms with Crippen molar-refractivity contribution in [2.75, 3.05) is 26.7 Å². The van der Waals surface area contributed by atoms with E-state index in [1.165, 1.54) is 12.0 Å². The standard InChI is InChI=1S/C14H21BrN2O/c1-3-17-7-6-10(9-16)14(17)12-8-11(15)4-5-13(12)18-2/h4-5,8,10,14H,3,6-7,9,16H2,1-2H3. The topological polar surface area (TPSA) is 38.5 Å². The van der Waals surface area contributed by atoms with Gasteiger partial charge < -0.3 is 10.5 Å². The van der Waals surface area contributed by atoms with Crippen LogP contribution >= 0.6 is 15.9 Å². The highest BCUT2D eigenvalue weighted by Crippen LogP contribution is 2.41. The van der Waals surface area contributed by atoms with Gasteiger partial charge in [-0.15, -0.1) is 0 Å². The second-order valence-electron chi connectivity index (χ2n) is 4.74. The second-order valence-corrected chi connectivity index (χ2v) is 5.66. The molecule has 1 aromatic carbocycles. The minimum Gasteiger partial charge on any atom is -0.496 e. The zero-order valence-electron chi connectivity index (χ0n) is 11.0. The van der Waals surface area contributed by atoms with Crippen molar-refractivity contribution < 1.29 is 4.74 Å². The van der Waals surface area contributed by atoms with E-state index >= 15 is 0 Å². The van der Waals surface area contributed by atoms with Crippen molar-refractivity contribution in [1.29, 1.82) is 0 Å². The number of likely N-dealkylation sites (tertiary alicyclic amines) is 1. The molecule has 100 valence electrons. The first-order valence-corrected chi connectivity index (χ1v) is 7.28. The fourth-order valence-corrected chi connectivity index (χ4v) is 3.29. The quantitative estimate of drug-likeness (QED) is 0.929. The number of ether oxygens (including phenoxy) is 1. The molecule has 1 heterocycles. The molecule has 2 rings (SSSR count). The van der Waals surface area contributed by atoms with Gasteiger partial charge in [-0.2, -0.15) is 0 Å². The molecule has 4 heteroatoms. The van der Waals surface area contributed by atoms with Crippen molar-refractivity contribution in [2.24, 2.45) is 11.7 Å². The van der Waals surface area contributed by atoms with Gasteiger partial charge in [-0.3, -0.25) is 4.90 Å². The van der Waals surface area contributed by atoms with Crippen LogP contribution in [0.5, 0.6) is 5.75 Å². The second kappa shape index (κ2) is 6.04. The fourth-order valence-electron chi connectivity index (χ4n) is 2.92. The zero-order valence-corrected chi connectivity index (χ0v) is 12.6. The molecule has 0 radical (unpaired) electrons. The largest absolute Gasteiger partial charge is 0.496 e. The predicted molar refractivity (Wildman–Crippen MR) is 77.8 cm³/mol. The molecule has 0 aromatic heterocycles. The van der Waals surface area contributed by atoms with Gasteiger partial charge in [0, 0.05) is 16.1 Å². The van der Waals surface area contributed by atoms with E-state index in [0.29, 0.717) is 12.0 Å². The lowest BCUT2D eigenvalue weighted by Gasteiger charge is -2.28. The maximum absolute atomic E-state index is 5.93. The number of halogens is 1. The van der Waals surface area contributed by atoms with Gasteiger partial charge in [0.2, 0.25) is 0 Å². The van der Waals surface area contributed by atoms with Gasteiger partial charge in [-0.1, -0.05) is 22.9 Å². The Morgan fingerprint density at radius 1 is 1.50 bits per heavy atom. The summed E-state index contributed by atoms with van der Waals surface area (Å²) in [5.41, 5.74) is 7.18. The van der Waals surface area contributed by atoms with Gasteiger partial charge in [0.1, 0.15) is 5.75 Å². The van der Waals surface area contributed by atoms with Crippen molar-refractivity contribution in [2.45, 2.75) is 19.4 Å². The molecular weight excluding hydrogens is 292 g/mol. The number of hydrogen-bond acceptors (Lipinski definition) is 3. The monoisotopic (exact) mass is 312 g/mol. The first-order chi connectivity index (χ1) is 8.71. The molecule has 1 saturated heterocycles. The van der Waals surface area contributed by atoms with Crippen molar-refractivity contribution in [3.05, 3.63) is 28.2 Å². The normalized spacial score (nSPS) is 24.4. The molecule has 0 saturated carbocycles. The Morgan fingerprint density at radius 3 is 2.89 bits per heavy atom. The Bertz CT molecular complexity index is 399. The van der Waals surface area contributed by atoms with Crippen LogP contribution in [-0.4, -0.2) is 31.6 Å². The van der Waals surface area contributed by atoms with Crippen molar-refractivity contribution in [1.82, 2.24) is 4.90 Å². The minimum atomic E-state index is 0.382. The molecule has 0 aliphatic carbocycles. The SMILES string of the molecule is CCN1CCC(CN)C1c1cc(Br)ccc1OC. The molecule has 18 heavy (non-hydrogen) atoms. The lowest BCUT2D eigenvalue weighted by molar-refractivity contribution is 0.235. The third kappa shape index (κ3) is 2.56. The van der Waals surface area contributed by atoms with Gasteiger partial charge in [0.05, 0.1) is 7.11 Å². The van der Waals surface area contributed by atoms with E-state index in [9.17, 15) is 0 Å². The molecule has 2 N–H and O–H groups in total. The number of nitrogens with two attached hydrogens (primary N) is 1. The minimum absolute atomic E-state index is 0.382. The summed E-state index contributed by atoms with van der Waals surface area (Å²) in [6, 6.07) is 6.59. The van der Waals surface area contributed by atoms with Crippen LogP contribution in [-0.2, 0) is 0 Å². The van der Waals surface area contributed by atoms with Crippen LogP contribution in [0.3, 0.4) is 0 Å². The van der Waals surface area contributed by atoms with E-state index in [1.54, 1.807) is 7.11 Å². The van der Waals surface area contributed by atoms with Crippen molar-refractivity contribution in [3.8, 4) is 5.75 Å². The summed E-state index contributed by atoms with van der Waals surface area (Å²) < 4.78 is 6.60. The molecule has 1 fully saturated rings. The molecule has 3 nitrogen and oxygen atoms in total. The smallest absolute Gasteiger partial charge is 0.123 e. The lowest BCUT2D eigenvalue weighted by atomic mass is 9.93. The van der Waals surface area contributed by atoms with Crippen molar-refractivity contribution in [3.63, 3.8) is 0 Å². The molecule has 1 aliphatic rings. The van der Waals surface area contributed by atoms with Crippen LogP contribution in [0, 0.1) is 5.92 Å². The molecule has 0 spiro atoms. The summed E-state index contributed by atoms with van der Waals surface area (Å²) in [7, 11) is 1.73. The van der Waals surface area contributed by atoms with Gasteiger partial charge in [0.15, 0.2) is 0 Å². The predicted octanol–water partition coefficient (Wildman–Crippen LogP) is 2.80. The van der Waals surface area contributed by atoms with Crippen LogP contribution in [0.1, 0.15) is 24.9 Å². The highest BCUT2D eigenvalue weighted by molar-refractivity contribution is 9.10. The van der Waals surface area contributed by atoms with Gasteiger partial charge in [0.25, 0.3) is 0 Å². The Labute approximate surface area is 117 Å². The Kier molecular flexibility index (Phi) is 4.65. The number of methoxy groups -OCH3 is 1. The summed E-state index contributed by atoms with van der Waals surface area (Å²) in [6.45, 7) is 5.11. The van der Waals surface area contributed by atoms with Crippen LogP contribution in [0.4, 0.5) is 0 Å². The summed E-state index contributed by atoms with van der Waals surface area (Å²) in [5, 5.41) is 0. The van der Waals surface area contributed by atoms with E-state index in [4.69, 9.17) is 10.5 Å². The molecule has 1 aromatic rings. The molecule has 0 bridgehead atoms. The number of hydrogen-bond donors (Lipinski definition) is 1. The third-order valence-corrected chi connectivity index (χ3v) is 4.34. The molecular formula is C14H21BrN2O. The van der Waals surface area contributed by atoms with E-state index in [0.717, 1.165) is 29.9 Å². The zero-order chi connectivity index (χ0) is 13.1. The van der Waals surface area contributed by atoms with Crippen molar-refractivity contribution >= 4 is 15.9 Å². The number of rotatable bonds is 4. The highest BCUT2D eigenvalue weighted by Gasteiger charge is 2.35. The van der Waals surface area contributed by atoms with E-state index in [1.807, 2.05) is 12.1 Å². The highest BCUT2D eigenvalue weighted by atomic mass is 79.9. The maximum Gasteiger partial charge on any atom is 0.123 e. The first kappa shape index (κ1) is 13.8. The Morgan fingerprint density at radius 2 is 2.28 bits per heavy atom. The maximum atomic E-state index is 5.93. The Hall–Kier alpha value is -0.580. The summed E-state index contributed by atoms with van der Waals surface area (Å²) in [4.78, 5) is 2.49. The van der Waals surface area contributed by atoms with Gasteiger partial charge >= 0.3 is 0 Å².